The Morgan fingerprint density at radius 2 is 2.36 bits per heavy atom. The van der Waals surface area contributed by atoms with Gasteiger partial charge < -0.3 is 5.32 Å². The molecule has 78 valence electrons. The Morgan fingerprint density at radius 3 is 3.00 bits per heavy atom. The molecule has 2 unspecified atom stereocenters. The fraction of sp³-hybridized carbons (Fsp3) is 0.667. The maximum atomic E-state index is 3.46. The molecule has 0 aromatic carbocycles. The Hall–Kier alpha value is -0.340. The van der Waals surface area contributed by atoms with Gasteiger partial charge >= 0.3 is 0 Å². The molecule has 0 bridgehead atoms. The first-order valence-electron chi connectivity index (χ1n) is 5.55. The predicted octanol–water partition coefficient (Wildman–Crippen LogP) is 3.15. The van der Waals surface area contributed by atoms with Gasteiger partial charge in [-0.2, -0.15) is 0 Å². The normalized spacial score (nSPS) is 26.2. The van der Waals surface area contributed by atoms with Crippen molar-refractivity contribution in [1.29, 1.82) is 0 Å². The van der Waals surface area contributed by atoms with Crippen LogP contribution in [0.25, 0.3) is 0 Å². The van der Waals surface area contributed by atoms with Crippen LogP contribution in [-0.2, 0) is 12.8 Å². The first-order valence-corrected chi connectivity index (χ1v) is 6.36. The Bertz CT molecular complexity index is 316. The average Bonchev–Trinajstić information content (AvgIpc) is 2.60. The van der Waals surface area contributed by atoms with Crippen LogP contribution in [0.5, 0.6) is 0 Å². The van der Waals surface area contributed by atoms with Crippen molar-refractivity contribution in [2.24, 2.45) is 5.92 Å². The maximum absolute atomic E-state index is 3.46. The van der Waals surface area contributed by atoms with Gasteiger partial charge in [0.2, 0.25) is 0 Å². The van der Waals surface area contributed by atoms with Gasteiger partial charge in [-0.25, -0.2) is 0 Å². The first kappa shape index (κ1) is 10.2. The molecule has 0 fully saturated rings. The summed E-state index contributed by atoms with van der Waals surface area (Å²) in [6.07, 6.45) is 3.80. The molecule has 1 aromatic heterocycles. The van der Waals surface area contributed by atoms with E-state index < -0.39 is 0 Å². The molecule has 1 heterocycles. The fourth-order valence-electron chi connectivity index (χ4n) is 2.36. The van der Waals surface area contributed by atoms with Crippen LogP contribution in [0, 0.1) is 5.92 Å². The van der Waals surface area contributed by atoms with Crippen molar-refractivity contribution < 1.29 is 0 Å². The van der Waals surface area contributed by atoms with E-state index in [0.29, 0.717) is 6.04 Å². The van der Waals surface area contributed by atoms with Crippen LogP contribution < -0.4 is 5.32 Å². The SMILES string of the molecule is CCc1cc2c(s1)C(NC)C(C)CC2. The van der Waals surface area contributed by atoms with Crippen LogP contribution in [0.4, 0.5) is 0 Å². The lowest BCUT2D eigenvalue weighted by Gasteiger charge is -2.28. The predicted molar refractivity (Wildman–Crippen MR) is 63.0 cm³/mol. The molecule has 2 rings (SSSR count). The summed E-state index contributed by atoms with van der Waals surface area (Å²) < 4.78 is 0. The lowest BCUT2D eigenvalue weighted by Crippen LogP contribution is -2.26. The maximum Gasteiger partial charge on any atom is 0.0441 e. The third-order valence-corrected chi connectivity index (χ3v) is 4.68. The van der Waals surface area contributed by atoms with Crippen LogP contribution >= 0.6 is 11.3 Å². The summed E-state index contributed by atoms with van der Waals surface area (Å²) in [4.78, 5) is 3.15. The lowest BCUT2D eigenvalue weighted by atomic mass is 9.86. The van der Waals surface area contributed by atoms with Gasteiger partial charge in [-0.3, -0.25) is 0 Å². The van der Waals surface area contributed by atoms with E-state index in [9.17, 15) is 0 Å². The number of hydrogen-bond acceptors (Lipinski definition) is 2. The van der Waals surface area contributed by atoms with Gasteiger partial charge in [0, 0.05) is 15.8 Å². The second kappa shape index (κ2) is 4.03. The molecule has 1 N–H and O–H groups in total. The van der Waals surface area contributed by atoms with E-state index in [4.69, 9.17) is 0 Å². The highest BCUT2D eigenvalue weighted by Gasteiger charge is 2.27. The quantitative estimate of drug-likeness (QED) is 0.789. The number of nitrogens with one attached hydrogen (secondary N) is 1. The number of rotatable bonds is 2. The van der Waals surface area contributed by atoms with Gasteiger partial charge in [0.25, 0.3) is 0 Å². The zero-order valence-electron chi connectivity index (χ0n) is 9.26. The summed E-state index contributed by atoms with van der Waals surface area (Å²) in [5.41, 5.74) is 1.60. The molecule has 1 aliphatic rings. The molecular weight excluding hydrogens is 190 g/mol. The molecule has 1 aromatic rings. The van der Waals surface area contributed by atoms with E-state index in [0.717, 1.165) is 5.92 Å². The minimum Gasteiger partial charge on any atom is -0.312 e. The first-order chi connectivity index (χ1) is 6.76. The molecular formula is C12H19NS. The Labute approximate surface area is 90.5 Å². The van der Waals surface area contributed by atoms with Gasteiger partial charge in [-0.05, 0) is 43.9 Å². The highest BCUT2D eigenvalue weighted by molar-refractivity contribution is 7.12. The van der Waals surface area contributed by atoms with Gasteiger partial charge in [0.05, 0.1) is 0 Å². The van der Waals surface area contributed by atoms with E-state index in [1.165, 1.54) is 19.3 Å². The smallest absolute Gasteiger partial charge is 0.0441 e. The van der Waals surface area contributed by atoms with E-state index in [2.05, 4.69) is 32.3 Å². The second-order valence-electron chi connectivity index (χ2n) is 4.24. The lowest BCUT2D eigenvalue weighted by molar-refractivity contribution is 0.371. The van der Waals surface area contributed by atoms with Crippen molar-refractivity contribution in [3.8, 4) is 0 Å². The van der Waals surface area contributed by atoms with Crippen molar-refractivity contribution in [2.45, 2.75) is 39.2 Å². The monoisotopic (exact) mass is 209 g/mol. The number of aryl methyl sites for hydroxylation is 2. The molecule has 1 aliphatic carbocycles. The third kappa shape index (κ3) is 1.61. The van der Waals surface area contributed by atoms with E-state index in [1.54, 1.807) is 15.3 Å². The second-order valence-corrected chi connectivity index (χ2v) is 5.41. The number of fused-ring (bicyclic) bond motifs is 1. The zero-order chi connectivity index (χ0) is 10.1. The summed E-state index contributed by atoms with van der Waals surface area (Å²) in [5.74, 6) is 0.788. The van der Waals surface area contributed by atoms with Crippen molar-refractivity contribution in [3.63, 3.8) is 0 Å². The van der Waals surface area contributed by atoms with Crippen LogP contribution in [-0.4, -0.2) is 7.05 Å². The van der Waals surface area contributed by atoms with Gasteiger partial charge in [0.1, 0.15) is 0 Å². The highest BCUT2D eigenvalue weighted by Crippen LogP contribution is 2.39. The van der Waals surface area contributed by atoms with Crippen LogP contribution in [0.15, 0.2) is 6.07 Å². The van der Waals surface area contributed by atoms with Crippen LogP contribution in [0.1, 0.15) is 41.6 Å². The molecule has 0 spiro atoms. The van der Waals surface area contributed by atoms with Crippen LogP contribution in [0.2, 0.25) is 0 Å². The highest BCUT2D eigenvalue weighted by atomic mass is 32.1. The summed E-state index contributed by atoms with van der Waals surface area (Å²) in [5, 5.41) is 3.46. The standard InChI is InChI=1S/C12H19NS/c1-4-10-7-9-6-5-8(2)11(13-3)12(9)14-10/h7-8,11,13H,4-6H2,1-3H3. The van der Waals surface area contributed by atoms with Crippen molar-refractivity contribution >= 4 is 11.3 Å². The number of thiophene rings is 1. The molecule has 2 heteroatoms. The van der Waals surface area contributed by atoms with E-state index in [-0.39, 0.29) is 0 Å². The average molecular weight is 209 g/mol. The largest absolute Gasteiger partial charge is 0.312 e. The summed E-state index contributed by atoms with van der Waals surface area (Å²) >= 11 is 2.01. The minimum absolute atomic E-state index is 0.601. The Morgan fingerprint density at radius 1 is 1.57 bits per heavy atom. The molecule has 14 heavy (non-hydrogen) atoms. The van der Waals surface area contributed by atoms with Gasteiger partial charge in [-0.15, -0.1) is 11.3 Å². The van der Waals surface area contributed by atoms with E-state index >= 15 is 0 Å². The number of hydrogen-bond donors (Lipinski definition) is 1. The molecule has 0 radical (unpaired) electrons. The van der Waals surface area contributed by atoms with Crippen LogP contribution in [0.3, 0.4) is 0 Å². The molecule has 2 atom stereocenters. The van der Waals surface area contributed by atoms with Gasteiger partial charge in [-0.1, -0.05) is 13.8 Å². The molecule has 0 amide bonds. The summed E-state index contributed by atoms with van der Waals surface area (Å²) in [7, 11) is 2.08. The Balaban J connectivity index is 2.35. The fourth-order valence-corrected chi connectivity index (χ4v) is 3.76. The molecule has 0 saturated carbocycles. The van der Waals surface area contributed by atoms with E-state index in [1.807, 2.05) is 11.3 Å². The van der Waals surface area contributed by atoms with Crippen molar-refractivity contribution in [2.75, 3.05) is 7.05 Å². The summed E-state index contributed by atoms with van der Waals surface area (Å²) in [6.45, 7) is 4.60. The Kier molecular flexibility index (Phi) is 2.93. The minimum atomic E-state index is 0.601. The molecule has 1 nitrogen and oxygen atoms in total. The third-order valence-electron chi connectivity index (χ3n) is 3.27. The van der Waals surface area contributed by atoms with Gasteiger partial charge in [0.15, 0.2) is 0 Å². The zero-order valence-corrected chi connectivity index (χ0v) is 10.1. The topological polar surface area (TPSA) is 12.0 Å². The molecule has 0 saturated heterocycles. The van der Waals surface area contributed by atoms with Crippen molar-refractivity contribution in [1.82, 2.24) is 5.32 Å². The molecule has 0 aliphatic heterocycles. The van der Waals surface area contributed by atoms with Crippen molar-refractivity contribution in [3.05, 3.63) is 21.4 Å². The summed E-state index contributed by atoms with van der Waals surface area (Å²) in [6, 6.07) is 3.01.